The minimum Gasteiger partial charge on any atom is -0.504 e. The van der Waals surface area contributed by atoms with Gasteiger partial charge in [-0.25, -0.2) is 0 Å². The summed E-state index contributed by atoms with van der Waals surface area (Å²) in [6.45, 7) is 1.37. The third kappa shape index (κ3) is 4.00. The van der Waals surface area contributed by atoms with Crippen LogP contribution >= 0.6 is 0 Å². The summed E-state index contributed by atoms with van der Waals surface area (Å²) < 4.78 is 5.67. The zero-order valence-corrected chi connectivity index (χ0v) is 11.1. The monoisotopic (exact) mass is 257 g/mol. The molecule has 3 heteroatoms. The van der Waals surface area contributed by atoms with E-state index in [9.17, 15) is 5.11 Å². The van der Waals surface area contributed by atoms with Crippen molar-refractivity contribution in [3.63, 3.8) is 0 Å². The van der Waals surface area contributed by atoms with Gasteiger partial charge in [-0.1, -0.05) is 36.4 Å². The molecule has 2 N–H and O–H groups in total. The van der Waals surface area contributed by atoms with E-state index in [0.29, 0.717) is 12.4 Å². The van der Waals surface area contributed by atoms with Gasteiger partial charge in [-0.05, 0) is 43.3 Å². The van der Waals surface area contributed by atoms with Crippen molar-refractivity contribution in [1.29, 1.82) is 0 Å². The SMILES string of the molecule is CNCCc1ccc(O)c(OCc2ccccc2)c1. The predicted molar refractivity (Wildman–Crippen MR) is 76.5 cm³/mol. The van der Waals surface area contributed by atoms with Gasteiger partial charge in [-0.15, -0.1) is 0 Å². The van der Waals surface area contributed by atoms with Crippen molar-refractivity contribution in [2.45, 2.75) is 13.0 Å². The van der Waals surface area contributed by atoms with Crippen LogP contribution in [0.1, 0.15) is 11.1 Å². The van der Waals surface area contributed by atoms with E-state index in [-0.39, 0.29) is 5.75 Å². The topological polar surface area (TPSA) is 41.5 Å². The Morgan fingerprint density at radius 3 is 2.58 bits per heavy atom. The van der Waals surface area contributed by atoms with E-state index >= 15 is 0 Å². The molecule has 100 valence electrons. The second-order valence-corrected chi connectivity index (χ2v) is 4.43. The van der Waals surface area contributed by atoms with E-state index in [0.717, 1.165) is 24.1 Å². The number of benzene rings is 2. The zero-order valence-electron chi connectivity index (χ0n) is 11.1. The zero-order chi connectivity index (χ0) is 13.5. The van der Waals surface area contributed by atoms with Gasteiger partial charge in [0, 0.05) is 0 Å². The van der Waals surface area contributed by atoms with Gasteiger partial charge in [0.2, 0.25) is 0 Å². The Morgan fingerprint density at radius 2 is 1.84 bits per heavy atom. The van der Waals surface area contributed by atoms with E-state index in [1.165, 1.54) is 0 Å². The van der Waals surface area contributed by atoms with Crippen LogP contribution in [-0.2, 0) is 13.0 Å². The number of rotatable bonds is 6. The fourth-order valence-electron chi connectivity index (χ4n) is 1.83. The number of phenols is 1. The van der Waals surface area contributed by atoms with Crippen molar-refractivity contribution in [3.05, 3.63) is 59.7 Å². The third-order valence-electron chi connectivity index (χ3n) is 2.93. The van der Waals surface area contributed by atoms with Crippen LogP contribution in [0.5, 0.6) is 11.5 Å². The lowest BCUT2D eigenvalue weighted by atomic mass is 10.1. The van der Waals surface area contributed by atoms with Crippen LogP contribution in [0.3, 0.4) is 0 Å². The molecule has 0 saturated carbocycles. The van der Waals surface area contributed by atoms with Gasteiger partial charge in [0.1, 0.15) is 6.61 Å². The molecule has 0 amide bonds. The first kappa shape index (κ1) is 13.4. The molecule has 2 aromatic rings. The fourth-order valence-corrected chi connectivity index (χ4v) is 1.83. The fraction of sp³-hybridized carbons (Fsp3) is 0.250. The van der Waals surface area contributed by atoms with Gasteiger partial charge in [-0.2, -0.15) is 0 Å². The lowest BCUT2D eigenvalue weighted by Crippen LogP contribution is -2.10. The average Bonchev–Trinajstić information content (AvgIpc) is 2.46. The summed E-state index contributed by atoms with van der Waals surface area (Å²) in [5, 5.41) is 12.9. The Hall–Kier alpha value is -2.00. The molecule has 0 aliphatic carbocycles. The number of likely N-dealkylation sites (N-methyl/N-ethyl adjacent to an activating group) is 1. The highest BCUT2D eigenvalue weighted by atomic mass is 16.5. The number of phenolic OH excluding ortho intramolecular Hbond substituents is 1. The largest absolute Gasteiger partial charge is 0.504 e. The van der Waals surface area contributed by atoms with Crippen LogP contribution < -0.4 is 10.1 Å². The maximum absolute atomic E-state index is 9.80. The smallest absolute Gasteiger partial charge is 0.161 e. The first-order chi connectivity index (χ1) is 9.29. The number of hydrogen-bond donors (Lipinski definition) is 2. The van der Waals surface area contributed by atoms with E-state index in [1.807, 2.05) is 49.5 Å². The summed E-state index contributed by atoms with van der Waals surface area (Å²) in [6.07, 6.45) is 0.915. The predicted octanol–water partition coefficient (Wildman–Crippen LogP) is 2.73. The van der Waals surface area contributed by atoms with E-state index in [1.54, 1.807) is 6.07 Å². The van der Waals surface area contributed by atoms with E-state index in [2.05, 4.69) is 5.32 Å². The van der Waals surface area contributed by atoms with Gasteiger partial charge in [0.15, 0.2) is 11.5 Å². The highest BCUT2D eigenvalue weighted by Gasteiger charge is 2.04. The van der Waals surface area contributed by atoms with E-state index < -0.39 is 0 Å². The molecule has 0 aliphatic rings. The molecule has 3 nitrogen and oxygen atoms in total. The summed E-state index contributed by atoms with van der Waals surface area (Å²) in [4.78, 5) is 0. The lowest BCUT2D eigenvalue weighted by Gasteiger charge is -2.10. The van der Waals surface area contributed by atoms with Crippen LogP contribution in [0.25, 0.3) is 0 Å². The molecule has 0 aromatic heterocycles. The maximum Gasteiger partial charge on any atom is 0.161 e. The Bertz CT molecular complexity index is 511. The second-order valence-electron chi connectivity index (χ2n) is 4.43. The van der Waals surface area contributed by atoms with Gasteiger partial charge < -0.3 is 15.2 Å². The highest BCUT2D eigenvalue weighted by molar-refractivity contribution is 5.42. The third-order valence-corrected chi connectivity index (χ3v) is 2.93. The standard InChI is InChI=1S/C16H19NO2/c1-17-10-9-13-7-8-15(18)16(11-13)19-12-14-5-3-2-4-6-14/h2-8,11,17-18H,9-10,12H2,1H3. The normalized spacial score (nSPS) is 10.4. The molecular formula is C16H19NO2. The van der Waals surface area contributed by atoms with E-state index in [4.69, 9.17) is 4.74 Å². The molecule has 0 radical (unpaired) electrons. The molecule has 0 atom stereocenters. The Morgan fingerprint density at radius 1 is 1.05 bits per heavy atom. The molecule has 0 spiro atoms. The Balaban J connectivity index is 2.02. The minimum atomic E-state index is 0.184. The van der Waals surface area contributed by atoms with Crippen LogP contribution in [0, 0.1) is 0 Å². The van der Waals surface area contributed by atoms with Crippen LogP contribution in [0.2, 0.25) is 0 Å². The van der Waals surface area contributed by atoms with Crippen LogP contribution in [0.15, 0.2) is 48.5 Å². The van der Waals surface area contributed by atoms with Gasteiger partial charge in [0.25, 0.3) is 0 Å². The van der Waals surface area contributed by atoms with Gasteiger partial charge in [0.05, 0.1) is 0 Å². The molecule has 0 aliphatic heterocycles. The van der Waals surface area contributed by atoms with Crippen LogP contribution in [0.4, 0.5) is 0 Å². The highest BCUT2D eigenvalue weighted by Crippen LogP contribution is 2.27. The number of aromatic hydroxyl groups is 1. The summed E-state index contributed by atoms with van der Waals surface area (Å²) in [6, 6.07) is 15.4. The first-order valence-corrected chi connectivity index (χ1v) is 6.43. The van der Waals surface area contributed by atoms with Crippen molar-refractivity contribution in [3.8, 4) is 11.5 Å². The quantitative estimate of drug-likeness (QED) is 0.836. The van der Waals surface area contributed by atoms with Crippen molar-refractivity contribution in [2.75, 3.05) is 13.6 Å². The van der Waals surface area contributed by atoms with Gasteiger partial charge >= 0.3 is 0 Å². The van der Waals surface area contributed by atoms with Crippen LogP contribution in [-0.4, -0.2) is 18.7 Å². The summed E-state index contributed by atoms with van der Waals surface area (Å²) in [5.41, 5.74) is 2.23. The molecule has 2 aromatic carbocycles. The van der Waals surface area contributed by atoms with Crippen molar-refractivity contribution in [2.24, 2.45) is 0 Å². The lowest BCUT2D eigenvalue weighted by molar-refractivity contribution is 0.288. The minimum absolute atomic E-state index is 0.184. The first-order valence-electron chi connectivity index (χ1n) is 6.43. The molecule has 0 fully saturated rings. The molecule has 0 unspecified atom stereocenters. The number of hydrogen-bond acceptors (Lipinski definition) is 3. The average molecular weight is 257 g/mol. The van der Waals surface area contributed by atoms with Crippen molar-refractivity contribution < 1.29 is 9.84 Å². The van der Waals surface area contributed by atoms with Gasteiger partial charge in [-0.3, -0.25) is 0 Å². The molecular weight excluding hydrogens is 238 g/mol. The molecule has 0 heterocycles. The second kappa shape index (κ2) is 6.81. The summed E-state index contributed by atoms with van der Waals surface area (Å²) in [7, 11) is 1.92. The molecule has 0 bridgehead atoms. The summed E-state index contributed by atoms with van der Waals surface area (Å²) >= 11 is 0. The number of ether oxygens (including phenoxy) is 1. The van der Waals surface area contributed by atoms with Crippen molar-refractivity contribution >= 4 is 0 Å². The maximum atomic E-state index is 9.80. The molecule has 19 heavy (non-hydrogen) atoms. The Labute approximate surface area is 113 Å². The molecule has 2 rings (SSSR count). The summed E-state index contributed by atoms with van der Waals surface area (Å²) in [5.74, 6) is 0.724. The number of nitrogens with one attached hydrogen (secondary N) is 1. The molecule has 0 saturated heterocycles. The van der Waals surface area contributed by atoms with Crippen molar-refractivity contribution in [1.82, 2.24) is 5.32 Å². The Kier molecular flexibility index (Phi) is 4.81.